The Bertz CT molecular complexity index is 396. The summed E-state index contributed by atoms with van der Waals surface area (Å²) in [6.07, 6.45) is 1.79. The van der Waals surface area contributed by atoms with Gasteiger partial charge in [0.15, 0.2) is 5.78 Å². The molecule has 0 aliphatic carbocycles. The van der Waals surface area contributed by atoms with Crippen molar-refractivity contribution in [1.29, 1.82) is 0 Å². The van der Waals surface area contributed by atoms with Gasteiger partial charge in [-0.25, -0.2) is 0 Å². The van der Waals surface area contributed by atoms with E-state index in [0.717, 1.165) is 0 Å². The lowest BCUT2D eigenvalue weighted by atomic mass is 10.1. The van der Waals surface area contributed by atoms with Crippen LogP contribution in [0, 0.1) is 0 Å². The number of halogens is 1. The number of rotatable bonds is 3. The smallest absolute Gasteiger partial charge is 0.190 e. The van der Waals surface area contributed by atoms with Crippen LogP contribution >= 0.6 is 11.6 Å². The van der Waals surface area contributed by atoms with Gasteiger partial charge in [-0.1, -0.05) is 23.7 Å². The third kappa shape index (κ3) is 3.40. The molecule has 15 heavy (non-hydrogen) atoms. The van der Waals surface area contributed by atoms with Crippen LogP contribution < -0.4 is 0 Å². The summed E-state index contributed by atoms with van der Waals surface area (Å²) in [5.74, 6) is 0.00574. The Morgan fingerprint density at radius 2 is 2.07 bits per heavy atom. The second kappa shape index (κ2) is 4.99. The van der Waals surface area contributed by atoms with Crippen molar-refractivity contribution in [2.75, 3.05) is 14.1 Å². The van der Waals surface area contributed by atoms with Crippen LogP contribution in [-0.2, 0) is 0 Å². The van der Waals surface area contributed by atoms with Crippen molar-refractivity contribution in [3.05, 3.63) is 46.6 Å². The lowest BCUT2D eigenvalue weighted by Crippen LogP contribution is -2.07. The molecule has 0 fully saturated rings. The second-order valence-corrected chi connectivity index (χ2v) is 4.05. The normalized spacial score (nSPS) is 11.3. The number of carbonyl (C=O) groups excluding carboxylic acids is 1. The molecule has 80 valence electrons. The largest absolute Gasteiger partial charge is 0.383 e. The molecule has 2 nitrogen and oxygen atoms in total. The molecule has 0 heterocycles. The molecule has 0 amide bonds. The van der Waals surface area contributed by atoms with Crippen LogP contribution in [0.1, 0.15) is 17.3 Å². The lowest BCUT2D eigenvalue weighted by molar-refractivity contribution is 0.103. The summed E-state index contributed by atoms with van der Waals surface area (Å²) < 4.78 is 0. The summed E-state index contributed by atoms with van der Waals surface area (Å²) in [5.41, 5.74) is 1.32. The summed E-state index contributed by atoms with van der Waals surface area (Å²) in [4.78, 5) is 13.7. The number of allylic oxidation sites excluding steroid dienone is 1. The van der Waals surface area contributed by atoms with Gasteiger partial charge in [0.1, 0.15) is 0 Å². The number of ketones is 1. The molecule has 0 unspecified atom stereocenters. The number of hydrogen-bond donors (Lipinski definition) is 0. The highest BCUT2D eigenvalue weighted by Crippen LogP contribution is 2.14. The molecule has 0 saturated heterocycles. The molecule has 0 atom stereocenters. The second-order valence-electron chi connectivity index (χ2n) is 3.62. The maximum absolute atomic E-state index is 11.9. The minimum Gasteiger partial charge on any atom is -0.383 e. The molecule has 0 aliphatic heterocycles. The predicted octanol–water partition coefficient (Wildman–Crippen LogP) is 2.99. The first-order chi connectivity index (χ1) is 7.00. The molecule has 1 rings (SSSR count). The summed E-state index contributed by atoms with van der Waals surface area (Å²) in [7, 11) is 3.77. The number of hydrogen-bond acceptors (Lipinski definition) is 2. The number of nitrogens with zero attached hydrogens (tertiary/aromatic N) is 1. The van der Waals surface area contributed by atoms with Crippen molar-refractivity contribution < 1.29 is 4.79 Å². The standard InChI is InChI=1S/C12H14ClNO/c1-9(8-14(2)3)12(15)10-5-4-6-11(13)7-10/h4-8H,1-3H3/b9-8+. The Morgan fingerprint density at radius 1 is 1.40 bits per heavy atom. The zero-order valence-corrected chi connectivity index (χ0v) is 9.88. The average Bonchev–Trinajstić information content (AvgIpc) is 2.15. The van der Waals surface area contributed by atoms with E-state index in [1.165, 1.54) is 0 Å². The van der Waals surface area contributed by atoms with E-state index in [2.05, 4.69) is 0 Å². The van der Waals surface area contributed by atoms with E-state index in [0.29, 0.717) is 16.2 Å². The molecular formula is C12H14ClNO. The fraction of sp³-hybridized carbons (Fsp3) is 0.250. The first kappa shape index (κ1) is 11.8. The molecule has 0 spiro atoms. The van der Waals surface area contributed by atoms with Crippen LogP contribution in [0.5, 0.6) is 0 Å². The van der Waals surface area contributed by atoms with Crippen LogP contribution in [0.2, 0.25) is 5.02 Å². The zero-order valence-electron chi connectivity index (χ0n) is 9.12. The Morgan fingerprint density at radius 3 is 2.60 bits per heavy atom. The summed E-state index contributed by atoms with van der Waals surface area (Å²) in [6.45, 7) is 1.79. The number of Topliss-reactive ketones (excluding diaryl/α,β-unsaturated/α-hetero) is 1. The van der Waals surface area contributed by atoms with E-state index in [1.807, 2.05) is 19.0 Å². The van der Waals surface area contributed by atoms with Gasteiger partial charge in [0.25, 0.3) is 0 Å². The van der Waals surface area contributed by atoms with E-state index in [1.54, 1.807) is 37.4 Å². The van der Waals surface area contributed by atoms with Gasteiger partial charge in [0.05, 0.1) is 0 Å². The topological polar surface area (TPSA) is 20.3 Å². The average molecular weight is 224 g/mol. The van der Waals surface area contributed by atoms with Crippen molar-refractivity contribution in [2.24, 2.45) is 0 Å². The monoisotopic (exact) mass is 223 g/mol. The minimum absolute atomic E-state index is 0.00574. The molecule has 3 heteroatoms. The molecule has 1 aromatic rings. The maximum atomic E-state index is 11.9. The summed E-state index contributed by atoms with van der Waals surface area (Å²) in [5, 5.41) is 0.582. The third-order valence-electron chi connectivity index (χ3n) is 1.90. The molecule has 0 bridgehead atoms. The maximum Gasteiger partial charge on any atom is 0.190 e. The molecular weight excluding hydrogens is 210 g/mol. The zero-order chi connectivity index (χ0) is 11.4. The Kier molecular flexibility index (Phi) is 3.92. The fourth-order valence-electron chi connectivity index (χ4n) is 1.30. The Labute approximate surface area is 95.2 Å². The third-order valence-corrected chi connectivity index (χ3v) is 2.13. The van der Waals surface area contributed by atoms with Crippen molar-refractivity contribution in [2.45, 2.75) is 6.92 Å². The van der Waals surface area contributed by atoms with Crippen molar-refractivity contribution in [1.82, 2.24) is 4.90 Å². The first-order valence-electron chi connectivity index (χ1n) is 4.66. The van der Waals surface area contributed by atoms with E-state index in [-0.39, 0.29) is 5.78 Å². The molecule has 0 aromatic heterocycles. The predicted molar refractivity (Wildman–Crippen MR) is 63.2 cm³/mol. The van der Waals surface area contributed by atoms with Gasteiger partial charge in [-0.2, -0.15) is 0 Å². The van der Waals surface area contributed by atoms with Crippen molar-refractivity contribution in [3.8, 4) is 0 Å². The Hall–Kier alpha value is -1.28. The van der Waals surface area contributed by atoms with Crippen LogP contribution in [0.25, 0.3) is 0 Å². The molecule has 0 saturated carbocycles. The fourth-order valence-corrected chi connectivity index (χ4v) is 1.49. The SMILES string of the molecule is C/C(=C\N(C)C)C(=O)c1cccc(Cl)c1. The van der Waals surface area contributed by atoms with Crippen LogP contribution in [-0.4, -0.2) is 24.8 Å². The van der Waals surface area contributed by atoms with Gasteiger partial charge in [0.2, 0.25) is 0 Å². The molecule has 0 N–H and O–H groups in total. The van der Waals surface area contributed by atoms with Crippen molar-refractivity contribution >= 4 is 17.4 Å². The van der Waals surface area contributed by atoms with Gasteiger partial charge in [-0.05, 0) is 19.1 Å². The summed E-state index contributed by atoms with van der Waals surface area (Å²) in [6, 6.07) is 6.97. The minimum atomic E-state index is 0.00574. The highest BCUT2D eigenvalue weighted by Gasteiger charge is 2.08. The quantitative estimate of drug-likeness (QED) is 0.580. The number of carbonyl (C=O) groups is 1. The van der Waals surface area contributed by atoms with E-state index in [9.17, 15) is 4.79 Å². The molecule has 0 aliphatic rings. The van der Waals surface area contributed by atoms with E-state index in [4.69, 9.17) is 11.6 Å². The molecule has 0 radical (unpaired) electrons. The summed E-state index contributed by atoms with van der Waals surface area (Å²) >= 11 is 5.82. The Balaban J connectivity index is 2.95. The van der Waals surface area contributed by atoms with Gasteiger partial charge in [-0.15, -0.1) is 0 Å². The van der Waals surface area contributed by atoms with Crippen molar-refractivity contribution in [3.63, 3.8) is 0 Å². The van der Waals surface area contributed by atoms with Crippen LogP contribution in [0.3, 0.4) is 0 Å². The molecule has 1 aromatic carbocycles. The van der Waals surface area contributed by atoms with Crippen LogP contribution in [0.15, 0.2) is 36.0 Å². The van der Waals surface area contributed by atoms with Gasteiger partial charge in [0, 0.05) is 36.5 Å². The van der Waals surface area contributed by atoms with E-state index >= 15 is 0 Å². The van der Waals surface area contributed by atoms with Gasteiger partial charge >= 0.3 is 0 Å². The van der Waals surface area contributed by atoms with Gasteiger partial charge < -0.3 is 4.90 Å². The van der Waals surface area contributed by atoms with Crippen LogP contribution in [0.4, 0.5) is 0 Å². The lowest BCUT2D eigenvalue weighted by Gasteiger charge is -2.07. The highest BCUT2D eigenvalue weighted by atomic mass is 35.5. The highest BCUT2D eigenvalue weighted by molar-refractivity contribution is 6.31. The number of benzene rings is 1. The first-order valence-corrected chi connectivity index (χ1v) is 5.03. The van der Waals surface area contributed by atoms with E-state index < -0.39 is 0 Å². The van der Waals surface area contributed by atoms with Gasteiger partial charge in [-0.3, -0.25) is 4.79 Å².